The van der Waals surface area contributed by atoms with Crippen LogP contribution in [0.15, 0.2) is 51.7 Å². The maximum absolute atomic E-state index is 13.1. The van der Waals surface area contributed by atoms with Crippen molar-refractivity contribution in [3.8, 4) is 0 Å². The van der Waals surface area contributed by atoms with Gasteiger partial charge in [0.1, 0.15) is 11.1 Å². The molecule has 0 unspecified atom stereocenters. The molecule has 1 aliphatic carbocycles. The Labute approximate surface area is 209 Å². The van der Waals surface area contributed by atoms with Gasteiger partial charge in [0, 0.05) is 32.8 Å². The number of hydrogen-bond acceptors (Lipinski definition) is 10. The molecule has 3 rings (SSSR count). The zero-order valence-corrected chi connectivity index (χ0v) is 21.6. The van der Waals surface area contributed by atoms with Crippen molar-refractivity contribution < 1.29 is 27.5 Å². The molecular weight excluding hydrogens is 492 g/mol. The van der Waals surface area contributed by atoms with Crippen LogP contribution in [-0.4, -0.2) is 75.0 Å². The summed E-state index contributed by atoms with van der Waals surface area (Å²) < 4.78 is 35.4. The summed E-state index contributed by atoms with van der Waals surface area (Å²) in [5.74, 6) is -0.316. The van der Waals surface area contributed by atoms with Crippen molar-refractivity contribution in [2.24, 2.45) is 5.16 Å². The number of oxime groups is 1. The Bertz CT molecular complexity index is 1110. The van der Waals surface area contributed by atoms with Crippen molar-refractivity contribution in [3.63, 3.8) is 0 Å². The average Bonchev–Trinajstić information content (AvgIpc) is 3.33. The second-order valence-corrected chi connectivity index (χ2v) is 10.9. The van der Waals surface area contributed by atoms with Crippen LogP contribution in [0.25, 0.3) is 0 Å². The molecule has 2 atom stereocenters. The van der Waals surface area contributed by atoms with Crippen LogP contribution in [0.4, 0.5) is 5.82 Å². The van der Waals surface area contributed by atoms with Crippen LogP contribution in [0.1, 0.15) is 31.2 Å². The van der Waals surface area contributed by atoms with Crippen molar-refractivity contribution in [3.05, 3.63) is 42.2 Å². The Morgan fingerprint density at radius 2 is 1.89 bits per heavy atom. The predicted octanol–water partition coefficient (Wildman–Crippen LogP) is 2.94. The summed E-state index contributed by atoms with van der Waals surface area (Å²) in [5.41, 5.74) is 0.415. The first-order chi connectivity index (χ1) is 16.9. The van der Waals surface area contributed by atoms with E-state index < -0.39 is 15.7 Å². The third-order valence-corrected chi connectivity index (χ3v) is 7.95. The minimum Gasteiger partial charge on any atom is -0.392 e. The Morgan fingerprint density at radius 1 is 1.14 bits per heavy atom. The summed E-state index contributed by atoms with van der Waals surface area (Å²) in [6.45, 7) is 0.359. The first kappa shape index (κ1) is 27.1. The van der Waals surface area contributed by atoms with E-state index in [2.05, 4.69) is 20.4 Å². The van der Waals surface area contributed by atoms with Crippen molar-refractivity contribution in [1.82, 2.24) is 9.97 Å². The largest absolute Gasteiger partial charge is 0.392 e. The normalized spacial score (nSPS) is 18.4. The number of sulfone groups is 1. The van der Waals surface area contributed by atoms with E-state index in [9.17, 15) is 13.2 Å². The molecular formula is C23H30N4O6S2. The molecule has 1 aromatic heterocycles. The van der Waals surface area contributed by atoms with Crippen LogP contribution in [0.5, 0.6) is 0 Å². The fourth-order valence-corrected chi connectivity index (χ4v) is 5.16. The first-order valence-corrected chi connectivity index (χ1v) is 14.0. The van der Waals surface area contributed by atoms with Gasteiger partial charge in [-0.05, 0) is 37.7 Å². The fraction of sp³-hybridized carbons (Fsp3) is 0.478. The molecule has 0 saturated heterocycles. The van der Waals surface area contributed by atoms with Crippen LogP contribution in [0.2, 0.25) is 0 Å². The van der Waals surface area contributed by atoms with Gasteiger partial charge in [0.15, 0.2) is 21.4 Å². The fourth-order valence-electron chi connectivity index (χ4n) is 3.56. The number of benzene rings is 1. The molecule has 1 fully saturated rings. The summed E-state index contributed by atoms with van der Waals surface area (Å²) in [6.07, 6.45) is 7.49. The predicted molar refractivity (Wildman–Crippen MR) is 133 cm³/mol. The van der Waals surface area contributed by atoms with Gasteiger partial charge in [0.25, 0.3) is 5.91 Å². The topological polar surface area (TPSA) is 129 Å². The van der Waals surface area contributed by atoms with Crippen LogP contribution in [0, 0.1) is 0 Å². The molecule has 35 heavy (non-hydrogen) atoms. The smallest absolute Gasteiger partial charge is 0.279 e. The monoisotopic (exact) mass is 522 g/mol. The number of hydrogen-bond donors (Lipinski definition) is 1. The van der Waals surface area contributed by atoms with Gasteiger partial charge >= 0.3 is 0 Å². The van der Waals surface area contributed by atoms with Crippen LogP contribution < -0.4 is 5.32 Å². The lowest BCUT2D eigenvalue weighted by atomic mass is 10.1. The highest BCUT2D eigenvalue weighted by molar-refractivity contribution is 7.98. The van der Waals surface area contributed by atoms with Crippen molar-refractivity contribution in [1.29, 1.82) is 0 Å². The summed E-state index contributed by atoms with van der Waals surface area (Å²) in [4.78, 5) is 27.3. The number of ether oxygens (including phenoxy) is 2. The maximum atomic E-state index is 13.1. The average molecular weight is 523 g/mol. The molecule has 2 aromatic rings. The first-order valence-electron chi connectivity index (χ1n) is 11.1. The van der Waals surface area contributed by atoms with Crippen LogP contribution >= 0.6 is 11.8 Å². The number of carbonyl (C=O) groups excluding carboxylic acids is 1. The molecule has 1 saturated carbocycles. The Balaban J connectivity index is 1.81. The molecule has 1 aliphatic rings. The van der Waals surface area contributed by atoms with Gasteiger partial charge in [0.2, 0.25) is 0 Å². The maximum Gasteiger partial charge on any atom is 0.279 e. The highest BCUT2D eigenvalue weighted by Gasteiger charge is 2.27. The molecule has 0 aliphatic heterocycles. The minimum absolute atomic E-state index is 0.00457. The number of thioether (sulfide) groups is 1. The lowest BCUT2D eigenvalue weighted by Crippen LogP contribution is -2.25. The van der Waals surface area contributed by atoms with Crippen molar-refractivity contribution in [2.45, 2.75) is 47.8 Å². The molecule has 1 heterocycles. The minimum atomic E-state index is -3.47. The van der Waals surface area contributed by atoms with Gasteiger partial charge in [-0.1, -0.05) is 17.3 Å². The number of nitrogens with one attached hydrogen (secondary N) is 1. The Hall–Kier alpha value is -2.54. The molecule has 10 nitrogen and oxygen atoms in total. The highest BCUT2D eigenvalue weighted by atomic mass is 32.2. The van der Waals surface area contributed by atoms with E-state index in [0.29, 0.717) is 25.0 Å². The van der Waals surface area contributed by atoms with Crippen molar-refractivity contribution in [2.75, 3.05) is 38.2 Å². The molecule has 1 N–H and O–H groups in total. The van der Waals surface area contributed by atoms with E-state index in [-0.39, 0.29) is 34.4 Å². The Morgan fingerprint density at radius 3 is 2.49 bits per heavy atom. The van der Waals surface area contributed by atoms with Crippen molar-refractivity contribution >= 4 is 39.0 Å². The van der Waals surface area contributed by atoms with Crippen LogP contribution in [-0.2, 0) is 28.9 Å². The number of amides is 1. The van der Waals surface area contributed by atoms with Crippen LogP contribution in [0.3, 0.4) is 0 Å². The third kappa shape index (κ3) is 7.72. The zero-order valence-electron chi connectivity index (χ0n) is 20.0. The molecule has 0 spiro atoms. The van der Waals surface area contributed by atoms with Gasteiger partial charge < -0.3 is 19.6 Å². The Kier molecular flexibility index (Phi) is 10.0. The summed E-state index contributed by atoms with van der Waals surface area (Å²) >= 11 is 1.44. The molecule has 1 aromatic carbocycles. The van der Waals surface area contributed by atoms with E-state index in [1.165, 1.54) is 37.2 Å². The molecule has 1 amide bonds. The molecule has 12 heteroatoms. The summed E-state index contributed by atoms with van der Waals surface area (Å²) in [7, 11) is -0.288. The number of anilines is 1. The highest BCUT2D eigenvalue weighted by Crippen LogP contribution is 2.25. The number of rotatable bonds is 12. The van der Waals surface area contributed by atoms with Gasteiger partial charge in [-0.15, -0.1) is 11.8 Å². The summed E-state index contributed by atoms with van der Waals surface area (Å²) in [5, 5.41) is 7.55. The van der Waals surface area contributed by atoms with E-state index in [0.717, 1.165) is 17.9 Å². The lowest BCUT2D eigenvalue weighted by Gasteiger charge is -2.12. The zero-order chi connectivity index (χ0) is 25.3. The van der Waals surface area contributed by atoms with Gasteiger partial charge in [-0.25, -0.2) is 18.4 Å². The van der Waals surface area contributed by atoms with Gasteiger partial charge in [0.05, 0.1) is 29.1 Å². The standard InChI is InChI=1S/C23H30N4O6S2/c1-31-11-4-12-35(29,30)19-9-5-16(6-10-19)22(27-33-18-8-7-17(13-18)32-2)23(28)26-20-14-25-21(34-3)15-24-20/h5-6,9-10,14-15,17-18H,4,7-8,11-13H2,1-3H3,(H,24,26,28)/b27-22+/t17-,18-/m1/s1. The third-order valence-electron chi connectivity index (χ3n) is 5.51. The molecule has 0 radical (unpaired) electrons. The molecule has 0 bridgehead atoms. The molecule has 190 valence electrons. The van der Waals surface area contributed by atoms with E-state index >= 15 is 0 Å². The van der Waals surface area contributed by atoms with Gasteiger partial charge in [-0.2, -0.15) is 0 Å². The quantitative estimate of drug-likeness (QED) is 0.194. The SMILES string of the molecule is COCCCS(=O)(=O)c1ccc(/C(=N\O[C@@H]2CC[C@@H](OC)C2)C(=O)Nc2cnc(SC)cn2)cc1. The van der Waals surface area contributed by atoms with E-state index in [1.807, 2.05) is 6.26 Å². The number of aromatic nitrogens is 2. The second-order valence-electron chi connectivity index (χ2n) is 7.93. The lowest BCUT2D eigenvalue weighted by molar-refractivity contribution is -0.110. The van der Waals surface area contributed by atoms with Gasteiger partial charge in [-0.3, -0.25) is 4.79 Å². The van der Waals surface area contributed by atoms with E-state index in [4.69, 9.17) is 14.3 Å². The number of carbonyl (C=O) groups is 1. The number of nitrogens with zero attached hydrogens (tertiary/aromatic N) is 3. The van der Waals surface area contributed by atoms with E-state index in [1.54, 1.807) is 25.4 Å². The second kappa shape index (κ2) is 13.0. The number of methoxy groups -OCH3 is 2. The summed E-state index contributed by atoms with van der Waals surface area (Å²) in [6, 6.07) is 6.01.